The summed E-state index contributed by atoms with van der Waals surface area (Å²) in [6, 6.07) is 11.4. The number of hydrogen-bond donors (Lipinski definition) is 2. The molecule has 0 unspecified atom stereocenters. The predicted molar refractivity (Wildman–Crippen MR) is 78.8 cm³/mol. The summed E-state index contributed by atoms with van der Waals surface area (Å²) in [5.74, 6) is 2.30. The van der Waals surface area contributed by atoms with Crippen molar-refractivity contribution in [3.63, 3.8) is 0 Å². The highest BCUT2D eigenvalue weighted by Gasteiger charge is 2.13. The summed E-state index contributed by atoms with van der Waals surface area (Å²) in [7, 11) is 0. The van der Waals surface area contributed by atoms with Crippen LogP contribution in [0.3, 0.4) is 0 Å². The quantitative estimate of drug-likeness (QED) is 0.729. The average Bonchev–Trinajstić information content (AvgIpc) is 3.13. The Morgan fingerprint density at radius 1 is 1.14 bits per heavy atom. The summed E-state index contributed by atoms with van der Waals surface area (Å²) in [6.45, 7) is 3.35. The third kappa shape index (κ3) is 3.15. The number of fused-ring (bicyclic) bond motifs is 1. The molecule has 5 heteroatoms. The van der Waals surface area contributed by atoms with Gasteiger partial charge >= 0.3 is 0 Å². The lowest BCUT2D eigenvalue weighted by Gasteiger charge is -2.07. The molecule has 5 nitrogen and oxygen atoms in total. The molecule has 2 heterocycles. The molecule has 0 aliphatic heterocycles. The molecule has 0 aliphatic carbocycles. The molecule has 110 valence electrons. The minimum absolute atomic E-state index is 0.0701. The molecule has 2 aromatic heterocycles. The standard InChI is InChI=1S/C16H18N2O3/c1-11(8-17-9-12-6-7-13(10-19)20-12)16-18-14-4-2-3-5-15(14)21-16/h2-7,11,17,19H,8-10H2,1H3/t11-/m1/s1. The zero-order chi connectivity index (χ0) is 14.7. The maximum Gasteiger partial charge on any atom is 0.199 e. The second-order valence-corrected chi connectivity index (χ2v) is 5.08. The lowest BCUT2D eigenvalue weighted by Crippen LogP contribution is -2.19. The highest BCUT2D eigenvalue weighted by Crippen LogP contribution is 2.20. The number of hydrogen-bond acceptors (Lipinski definition) is 5. The van der Waals surface area contributed by atoms with E-state index in [9.17, 15) is 0 Å². The Bertz CT molecular complexity index is 684. The van der Waals surface area contributed by atoms with Crippen molar-refractivity contribution in [2.75, 3.05) is 6.54 Å². The van der Waals surface area contributed by atoms with Crippen molar-refractivity contribution in [1.82, 2.24) is 10.3 Å². The van der Waals surface area contributed by atoms with Crippen LogP contribution in [0.4, 0.5) is 0 Å². The number of nitrogens with one attached hydrogen (secondary N) is 1. The number of oxazole rings is 1. The largest absolute Gasteiger partial charge is 0.462 e. The van der Waals surface area contributed by atoms with Crippen LogP contribution in [0.2, 0.25) is 0 Å². The van der Waals surface area contributed by atoms with Crippen LogP contribution in [0, 0.1) is 0 Å². The molecule has 21 heavy (non-hydrogen) atoms. The van der Waals surface area contributed by atoms with E-state index < -0.39 is 0 Å². The summed E-state index contributed by atoms with van der Waals surface area (Å²) in [4.78, 5) is 4.49. The number of aliphatic hydroxyl groups excluding tert-OH is 1. The summed E-state index contributed by atoms with van der Waals surface area (Å²) < 4.78 is 11.2. The van der Waals surface area contributed by atoms with E-state index in [0.717, 1.165) is 29.3 Å². The van der Waals surface area contributed by atoms with Crippen molar-refractivity contribution >= 4 is 11.1 Å². The van der Waals surface area contributed by atoms with Crippen LogP contribution in [-0.4, -0.2) is 16.6 Å². The topological polar surface area (TPSA) is 71.4 Å². The molecule has 0 bridgehead atoms. The maximum atomic E-state index is 8.95. The van der Waals surface area contributed by atoms with Gasteiger partial charge in [-0.05, 0) is 24.3 Å². The normalized spacial score (nSPS) is 12.9. The van der Waals surface area contributed by atoms with E-state index in [-0.39, 0.29) is 12.5 Å². The van der Waals surface area contributed by atoms with Gasteiger partial charge in [-0.3, -0.25) is 0 Å². The van der Waals surface area contributed by atoms with Gasteiger partial charge in [0.1, 0.15) is 23.6 Å². The molecule has 3 aromatic rings. The lowest BCUT2D eigenvalue weighted by atomic mass is 10.2. The van der Waals surface area contributed by atoms with Crippen molar-refractivity contribution in [1.29, 1.82) is 0 Å². The summed E-state index contributed by atoms with van der Waals surface area (Å²) in [5.41, 5.74) is 1.70. The highest BCUT2D eigenvalue weighted by molar-refractivity contribution is 5.72. The molecule has 1 atom stereocenters. The number of benzene rings is 1. The Morgan fingerprint density at radius 2 is 1.95 bits per heavy atom. The fourth-order valence-corrected chi connectivity index (χ4v) is 2.20. The fourth-order valence-electron chi connectivity index (χ4n) is 2.20. The lowest BCUT2D eigenvalue weighted by molar-refractivity contribution is 0.242. The van der Waals surface area contributed by atoms with Gasteiger partial charge in [0.15, 0.2) is 11.5 Å². The second-order valence-electron chi connectivity index (χ2n) is 5.08. The number of aliphatic hydroxyl groups is 1. The Hall–Kier alpha value is -2.11. The van der Waals surface area contributed by atoms with E-state index in [1.165, 1.54) is 0 Å². The van der Waals surface area contributed by atoms with Crippen LogP contribution in [0.1, 0.15) is 30.3 Å². The molecule has 0 amide bonds. The van der Waals surface area contributed by atoms with Crippen molar-refractivity contribution in [2.24, 2.45) is 0 Å². The first-order valence-corrected chi connectivity index (χ1v) is 7.01. The molecule has 0 fully saturated rings. The first-order chi connectivity index (χ1) is 10.3. The number of rotatable bonds is 6. The van der Waals surface area contributed by atoms with Crippen molar-refractivity contribution < 1.29 is 13.9 Å². The SMILES string of the molecule is C[C@H](CNCc1ccc(CO)o1)c1nc2ccccc2o1. The van der Waals surface area contributed by atoms with Crippen LogP contribution < -0.4 is 5.32 Å². The van der Waals surface area contributed by atoms with Crippen molar-refractivity contribution in [2.45, 2.75) is 26.0 Å². The van der Waals surface area contributed by atoms with E-state index in [0.29, 0.717) is 12.3 Å². The van der Waals surface area contributed by atoms with E-state index in [1.807, 2.05) is 30.3 Å². The van der Waals surface area contributed by atoms with E-state index >= 15 is 0 Å². The van der Waals surface area contributed by atoms with E-state index in [4.69, 9.17) is 13.9 Å². The molecule has 1 aromatic carbocycles. The summed E-state index contributed by atoms with van der Waals surface area (Å²) in [6.07, 6.45) is 0. The zero-order valence-corrected chi connectivity index (χ0v) is 11.9. The molecule has 0 spiro atoms. The molecule has 0 saturated heterocycles. The minimum Gasteiger partial charge on any atom is -0.462 e. The average molecular weight is 286 g/mol. The van der Waals surface area contributed by atoms with Gasteiger partial charge in [-0.15, -0.1) is 0 Å². The maximum absolute atomic E-state index is 8.95. The molecule has 0 aliphatic rings. The monoisotopic (exact) mass is 286 g/mol. The van der Waals surface area contributed by atoms with Gasteiger partial charge in [0, 0.05) is 12.5 Å². The number of nitrogens with zero attached hydrogens (tertiary/aromatic N) is 1. The van der Waals surface area contributed by atoms with E-state index in [1.54, 1.807) is 6.07 Å². The fraction of sp³-hybridized carbons (Fsp3) is 0.312. The molecule has 3 rings (SSSR count). The van der Waals surface area contributed by atoms with Crippen LogP contribution >= 0.6 is 0 Å². The molecule has 2 N–H and O–H groups in total. The van der Waals surface area contributed by atoms with Crippen molar-refractivity contribution in [3.8, 4) is 0 Å². The van der Waals surface area contributed by atoms with Gasteiger partial charge in [-0.1, -0.05) is 19.1 Å². The Kier molecular flexibility index (Phi) is 4.03. The molecular formula is C16H18N2O3. The van der Waals surface area contributed by atoms with Crippen molar-refractivity contribution in [3.05, 3.63) is 53.8 Å². The number of furan rings is 1. The van der Waals surface area contributed by atoms with Gasteiger partial charge in [-0.2, -0.15) is 0 Å². The third-order valence-electron chi connectivity index (χ3n) is 3.35. The molecular weight excluding hydrogens is 268 g/mol. The van der Waals surface area contributed by atoms with Gasteiger partial charge in [-0.25, -0.2) is 4.98 Å². The summed E-state index contributed by atoms with van der Waals surface area (Å²) in [5, 5.41) is 12.3. The molecule has 0 radical (unpaired) electrons. The van der Waals surface area contributed by atoms with Gasteiger partial charge in [0.2, 0.25) is 0 Å². The highest BCUT2D eigenvalue weighted by atomic mass is 16.4. The van der Waals surface area contributed by atoms with Crippen LogP contribution in [0.15, 0.2) is 45.2 Å². The van der Waals surface area contributed by atoms with E-state index in [2.05, 4.69) is 17.2 Å². The Morgan fingerprint density at radius 3 is 2.71 bits per heavy atom. The number of para-hydroxylation sites is 2. The number of aromatic nitrogens is 1. The second kappa shape index (κ2) is 6.11. The smallest absolute Gasteiger partial charge is 0.199 e. The van der Waals surface area contributed by atoms with Crippen LogP contribution in [0.5, 0.6) is 0 Å². The Labute approximate surface area is 122 Å². The molecule has 0 saturated carbocycles. The van der Waals surface area contributed by atoms with Gasteiger partial charge in [0.05, 0.1) is 6.54 Å². The Balaban J connectivity index is 1.57. The van der Waals surface area contributed by atoms with Gasteiger partial charge < -0.3 is 19.3 Å². The van der Waals surface area contributed by atoms with Gasteiger partial charge in [0.25, 0.3) is 0 Å². The third-order valence-corrected chi connectivity index (χ3v) is 3.35. The van der Waals surface area contributed by atoms with Crippen LogP contribution in [0.25, 0.3) is 11.1 Å². The summed E-state index contributed by atoms with van der Waals surface area (Å²) >= 11 is 0. The zero-order valence-electron chi connectivity index (χ0n) is 11.9. The minimum atomic E-state index is -0.0701. The first kappa shape index (κ1) is 13.9. The first-order valence-electron chi connectivity index (χ1n) is 7.01. The van der Waals surface area contributed by atoms with Crippen LogP contribution in [-0.2, 0) is 13.2 Å². The predicted octanol–water partition coefficient (Wildman–Crippen LogP) is 2.81.